The molecule has 1 heterocycles. The van der Waals surface area contributed by atoms with Gasteiger partial charge in [-0.15, -0.1) is 0 Å². The number of methoxy groups -OCH3 is 1. The Kier molecular flexibility index (Phi) is 8.78. The van der Waals surface area contributed by atoms with Crippen LogP contribution in [0.5, 0.6) is 11.5 Å². The van der Waals surface area contributed by atoms with Crippen molar-refractivity contribution in [1.29, 1.82) is 5.26 Å². The molecule has 1 unspecified atom stereocenters. The summed E-state index contributed by atoms with van der Waals surface area (Å²) in [5.74, 6) is 0.129. The van der Waals surface area contributed by atoms with Gasteiger partial charge in [0.1, 0.15) is 18.5 Å². The van der Waals surface area contributed by atoms with Gasteiger partial charge in [0.05, 0.1) is 49.6 Å². The number of non-ortho nitro benzene ring substituents is 1. The molecule has 0 bridgehead atoms. The molecule has 0 spiro atoms. The Morgan fingerprint density at radius 1 is 1.29 bits per heavy atom. The summed E-state index contributed by atoms with van der Waals surface area (Å²) in [7, 11) is 5.14. The van der Waals surface area contributed by atoms with E-state index in [2.05, 4.69) is 0 Å². The van der Waals surface area contributed by atoms with Crippen molar-refractivity contribution < 1.29 is 28.3 Å². The van der Waals surface area contributed by atoms with Crippen molar-refractivity contribution in [2.75, 3.05) is 47.6 Å². The number of nitrogens with zero attached hydrogens (tertiary/aromatic N) is 3. The lowest BCUT2D eigenvalue weighted by molar-refractivity contribution is -0.385. The van der Waals surface area contributed by atoms with Crippen molar-refractivity contribution in [3.05, 3.63) is 75.7 Å². The van der Waals surface area contributed by atoms with Crippen LogP contribution < -0.4 is 9.47 Å². The minimum Gasteiger partial charge on any atom is -0.493 e. The van der Waals surface area contributed by atoms with E-state index >= 15 is 0 Å². The van der Waals surface area contributed by atoms with E-state index in [-0.39, 0.29) is 17.2 Å². The topological polar surface area (TPSA) is 107 Å². The number of nitriles is 1. The molecule has 2 aromatic carbocycles. The van der Waals surface area contributed by atoms with Gasteiger partial charge in [0.15, 0.2) is 11.5 Å². The summed E-state index contributed by atoms with van der Waals surface area (Å²) >= 11 is 0. The van der Waals surface area contributed by atoms with Crippen molar-refractivity contribution >= 4 is 16.8 Å². The van der Waals surface area contributed by atoms with E-state index in [4.69, 9.17) is 18.9 Å². The SMILES string of the molecule is COc1cc(C(=C\N(C)C)/C=C(\C#N)c2ccc([N+](=O)[O-])cc2F)ccc1OCC1COCCO1. The fourth-order valence-electron chi connectivity index (χ4n) is 3.42. The summed E-state index contributed by atoms with van der Waals surface area (Å²) < 4.78 is 36.9. The highest BCUT2D eigenvalue weighted by atomic mass is 19.1. The first kappa shape index (κ1) is 25.7. The van der Waals surface area contributed by atoms with Crippen LogP contribution in [0.2, 0.25) is 0 Å². The van der Waals surface area contributed by atoms with Gasteiger partial charge in [-0.1, -0.05) is 6.07 Å². The van der Waals surface area contributed by atoms with Crippen LogP contribution in [-0.4, -0.2) is 63.6 Å². The molecule has 0 radical (unpaired) electrons. The molecule has 184 valence electrons. The summed E-state index contributed by atoms with van der Waals surface area (Å²) in [5, 5.41) is 20.6. The van der Waals surface area contributed by atoms with E-state index in [1.165, 1.54) is 19.3 Å². The monoisotopic (exact) mass is 483 g/mol. The Bertz CT molecular complexity index is 1170. The Morgan fingerprint density at radius 2 is 2.09 bits per heavy atom. The minimum absolute atomic E-state index is 0.0132. The normalized spacial score (nSPS) is 16.4. The summed E-state index contributed by atoms with van der Waals surface area (Å²) in [6.07, 6.45) is 3.12. The predicted octanol–water partition coefficient (Wildman–Crippen LogP) is 4.05. The number of nitro benzene ring substituents is 1. The Labute approximate surface area is 202 Å². The van der Waals surface area contributed by atoms with Gasteiger partial charge >= 0.3 is 0 Å². The maximum atomic E-state index is 14.6. The number of benzene rings is 2. The molecule has 3 rings (SSSR count). The van der Waals surface area contributed by atoms with Gasteiger partial charge in [-0.3, -0.25) is 10.1 Å². The quantitative estimate of drug-likeness (QED) is 0.228. The first-order valence-corrected chi connectivity index (χ1v) is 10.8. The first-order valence-electron chi connectivity index (χ1n) is 10.8. The van der Waals surface area contributed by atoms with Crippen molar-refractivity contribution in [2.45, 2.75) is 6.10 Å². The highest BCUT2D eigenvalue weighted by molar-refractivity contribution is 5.89. The number of nitro groups is 1. The number of allylic oxidation sites excluding steroid dienone is 3. The van der Waals surface area contributed by atoms with Gasteiger partial charge < -0.3 is 23.8 Å². The van der Waals surface area contributed by atoms with Gasteiger partial charge in [-0.05, 0) is 35.4 Å². The van der Waals surface area contributed by atoms with Crippen molar-refractivity contribution in [2.24, 2.45) is 0 Å². The third-order valence-electron chi connectivity index (χ3n) is 5.08. The summed E-state index contributed by atoms with van der Waals surface area (Å²) in [6.45, 7) is 1.84. The molecule has 1 aliphatic rings. The molecule has 9 nitrogen and oxygen atoms in total. The molecule has 0 aliphatic carbocycles. The standard InChI is InChI=1S/C25H26FN3O6/c1-28(2)14-19(10-18(13-27)22-6-5-20(29(30)31)12-23(22)26)17-4-7-24(25(11-17)32-3)35-16-21-15-33-8-9-34-21/h4-7,10-12,14,21H,8-9,15-16H2,1-3H3/b18-10+,19-14-. The number of ether oxygens (including phenoxy) is 4. The van der Waals surface area contributed by atoms with Crippen molar-refractivity contribution in [3.63, 3.8) is 0 Å². The molecular formula is C25H26FN3O6. The molecule has 35 heavy (non-hydrogen) atoms. The zero-order valence-electron chi connectivity index (χ0n) is 19.7. The van der Waals surface area contributed by atoms with Crippen LogP contribution in [0.4, 0.5) is 10.1 Å². The van der Waals surface area contributed by atoms with Gasteiger partial charge in [-0.2, -0.15) is 5.26 Å². The van der Waals surface area contributed by atoms with E-state index in [9.17, 15) is 19.8 Å². The van der Waals surface area contributed by atoms with E-state index < -0.39 is 16.4 Å². The number of halogens is 1. The van der Waals surface area contributed by atoms with Crippen LogP contribution >= 0.6 is 0 Å². The average Bonchev–Trinajstić information content (AvgIpc) is 2.85. The molecule has 0 aromatic heterocycles. The number of hydrogen-bond acceptors (Lipinski definition) is 8. The summed E-state index contributed by atoms with van der Waals surface area (Å²) in [4.78, 5) is 12.0. The van der Waals surface area contributed by atoms with Crippen LogP contribution in [-0.2, 0) is 9.47 Å². The zero-order chi connectivity index (χ0) is 25.4. The fraction of sp³-hybridized carbons (Fsp3) is 0.320. The number of rotatable bonds is 9. The molecule has 2 aromatic rings. The molecule has 10 heteroatoms. The smallest absolute Gasteiger partial charge is 0.272 e. The van der Waals surface area contributed by atoms with Crippen LogP contribution in [0.3, 0.4) is 0 Å². The van der Waals surface area contributed by atoms with Gasteiger partial charge in [0, 0.05) is 31.9 Å². The Hall–Kier alpha value is -3.94. The van der Waals surface area contributed by atoms with Crippen LogP contribution in [0.25, 0.3) is 11.1 Å². The van der Waals surface area contributed by atoms with E-state index in [0.29, 0.717) is 49.1 Å². The Morgan fingerprint density at radius 3 is 2.69 bits per heavy atom. The fourth-order valence-corrected chi connectivity index (χ4v) is 3.42. The lowest BCUT2D eigenvalue weighted by Gasteiger charge is -2.23. The molecule has 0 N–H and O–H groups in total. The second-order valence-electron chi connectivity index (χ2n) is 7.88. The first-order chi connectivity index (χ1) is 16.8. The van der Waals surface area contributed by atoms with Crippen LogP contribution in [0.15, 0.2) is 48.7 Å². The second-order valence-corrected chi connectivity index (χ2v) is 7.88. The predicted molar refractivity (Wildman–Crippen MR) is 127 cm³/mol. The molecule has 0 amide bonds. The highest BCUT2D eigenvalue weighted by Gasteiger charge is 2.18. The highest BCUT2D eigenvalue weighted by Crippen LogP contribution is 2.33. The maximum Gasteiger partial charge on any atom is 0.272 e. The zero-order valence-corrected chi connectivity index (χ0v) is 19.7. The summed E-state index contributed by atoms with van der Waals surface area (Å²) in [5.41, 5.74) is 0.870. The van der Waals surface area contributed by atoms with E-state index in [1.54, 1.807) is 29.3 Å². The maximum absolute atomic E-state index is 14.6. The number of hydrogen-bond donors (Lipinski definition) is 0. The Balaban J connectivity index is 1.93. The molecule has 1 fully saturated rings. The minimum atomic E-state index is -0.855. The summed E-state index contributed by atoms with van der Waals surface area (Å²) in [6, 6.07) is 10.5. The van der Waals surface area contributed by atoms with E-state index in [1.807, 2.05) is 20.2 Å². The molecular weight excluding hydrogens is 457 g/mol. The van der Waals surface area contributed by atoms with Crippen LogP contribution in [0, 0.1) is 27.3 Å². The van der Waals surface area contributed by atoms with E-state index in [0.717, 1.165) is 12.1 Å². The van der Waals surface area contributed by atoms with Gasteiger partial charge in [0.2, 0.25) is 0 Å². The van der Waals surface area contributed by atoms with Crippen molar-refractivity contribution in [1.82, 2.24) is 4.90 Å². The molecule has 1 atom stereocenters. The second kappa shape index (κ2) is 12.0. The average molecular weight is 483 g/mol. The largest absolute Gasteiger partial charge is 0.493 e. The van der Waals surface area contributed by atoms with Gasteiger partial charge in [0.25, 0.3) is 5.69 Å². The van der Waals surface area contributed by atoms with Gasteiger partial charge in [-0.25, -0.2) is 4.39 Å². The third kappa shape index (κ3) is 6.79. The lowest BCUT2D eigenvalue weighted by atomic mass is 9.99. The van der Waals surface area contributed by atoms with Crippen LogP contribution in [0.1, 0.15) is 11.1 Å². The molecule has 0 saturated carbocycles. The molecule has 1 aliphatic heterocycles. The lowest BCUT2D eigenvalue weighted by Crippen LogP contribution is -2.33. The van der Waals surface area contributed by atoms with Crippen molar-refractivity contribution in [3.8, 4) is 17.6 Å². The third-order valence-corrected chi connectivity index (χ3v) is 5.08. The molecule has 1 saturated heterocycles.